The fourth-order valence-corrected chi connectivity index (χ4v) is 3.73. The van der Waals surface area contributed by atoms with Crippen LogP contribution in [-0.2, 0) is 23.2 Å². The third-order valence-electron chi connectivity index (χ3n) is 4.75. The summed E-state index contributed by atoms with van der Waals surface area (Å²) >= 11 is 11.5. The number of esters is 1. The van der Waals surface area contributed by atoms with E-state index in [1.165, 1.54) is 4.90 Å². The molecule has 1 aromatic carbocycles. The molecule has 0 radical (unpaired) electrons. The summed E-state index contributed by atoms with van der Waals surface area (Å²) in [5.41, 5.74) is 0.972. The van der Waals surface area contributed by atoms with Crippen LogP contribution in [0, 0.1) is 10.7 Å². The largest absolute Gasteiger partial charge is 0.466 e. The van der Waals surface area contributed by atoms with Crippen LogP contribution in [-0.4, -0.2) is 40.0 Å². The van der Waals surface area contributed by atoms with Crippen LogP contribution in [0.5, 0.6) is 0 Å². The zero-order chi connectivity index (χ0) is 18.7. The Bertz CT molecular complexity index is 831. The molecular weight excluding hydrogens is 372 g/mol. The lowest BCUT2D eigenvalue weighted by atomic mass is 9.99. The lowest BCUT2D eigenvalue weighted by Crippen LogP contribution is -3.13. The van der Waals surface area contributed by atoms with Crippen molar-refractivity contribution < 1.29 is 14.4 Å². The number of halogens is 1. The Balaban J connectivity index is 1.76. The number of nitrogens with one attached hydrogen (secondary N) is 1. The van der Waals surface area contributed by atoms with E-state index in [0.29, 0.717) is 23.1 Å². The standard InChI is InChI=1S/C18H23ClN4O2S/c1-3-25-17(24)14-5-4-10-22(11-14)12-23-18(26)21(2)16(20-23)13-6-8-15(19)9-7-13/h6-9,14H,3-5,10-12H2,1-2H3/p+1/t14-/m1/s1. The lowest BCUT2D eigenvalue weighted by Gasteiger charge is -2.28. The number of likely N-dealkylation sites (tertiary alicyclic amines) is 1. The normalized spacial score (nSPS) is 20.1. The summed E-state index contributed by atoms with van der Waals surface area (Å²) < 4.78 is 9.61. The van der Waals surface area contributed by atoms with Crippen molar-refractivity contribution in [2.75, 3.05) is 19.7 Å². The summed E-state index contributed by atoms with van der Waals surface area (Å²) in [4.78, 5) is 13.3. The topological polar surface area (TPSA) is 53.5 Å². The lowest BCUT2D eigenvalue weighted by molar-refractivity contribution is -0.930. The van der Waals surface area contributed by atoms with E-state index in [0.717, 1.165) is 37.3 Å². The second-order valence-electron chi connectivity index (χ2n) is 6.63. The number of rotatable bonds is 5. The molecule has 26 heavy (non-hydrogen) atoms. The van der Waals surface area contributed by atoms with E-state index in [1.54, 1.807) is 0 Å². The van der Waals surface area contributed by atoms with Crippen LogP contribution in [0.2, 0.25) is 5.02 Å². The van der Waals surface area contributed by atoms with E-state index in [9.17, 15) is 4.79 Å². The van der Waals surface area contributed by atoms with Crippen LogP contribution in [0.15, 0.2) is 24.3 Å². The maximum Gasteiger partial charge on any atom is 0.314 e. The molecule has 1 fully saturated rings. The van der Waals surface area contributed by atoms with Crippen molar-refractivity contribution in [3.63, 3.8) is 0 Å². The average molecular weight is 396 g/mol. The summed E-state index contributed by atoms with van der Waals surface area (Å²) in [6.07, 6.45) is 1.90. The van der Waals surface area contributed by atoms with Gasteiger partial charge in [0.15, 0.2) is 12.5 Å². The zero-order valence-electron chi connectivity index (χ0n) is 15.1. The molecule has 0 amide bonds. The molecule has 1 aliphatic heterocycles. The number of carbonyl (C=O) groups is 1. The molecule has 2 heterocycles. The molecule has 0 saturated carbocycles. The van der Waals surface area contributed by atoms with Gasteiger partial charge in [-0.2, -0.15) is 4.68 Å². The van der Waals surface area contributed by atoms with E-state index in [4.69, 9.17) is 33.7 Å². The summed E-state index contributed by atoms with van der Waals surface area (Å²) in [5.74, 6) is 0.688. The van der Waals surface area contributed by atoms with Crippen LogP contribution in [0.25, 0.3) is 11.4 Å². The van der Waals surface area contributed by atoms with E-state index < -0.39 is 0 Å². The SMILES string of the molecule is CCOC(=O)[C@@H]1CCC[NH+](Cn2nc(-c3ccc(Cl)cc3)n(C)c2=S)C1. The van der Waals surface area contributed by atoms with Gasteiger partial charge < -0.3 is 14.2 Å². The molecular formula is C18H24ClN4O2S+. The minimum atomic E-state index is -0.0869. The maximum absolute atomic E-state index is 12.0. The Morgan fingerprint density at radius 1 is 1.42 bits per heavy atom. The molecule has 2 aromatic rings. The zero-order valence-corrected chi connectivity index (χ0v) is 16.6. The van der Waals surface area contributed by atoms with Crippen molar-refractivity contribution in [1.29, 1.82) is 0 Å². The fourth-order valence-electron chi connectivity index (χ4n) is 3.41. The number of nitrogens with zero attached hydrogens (tertiary/aromatic N) is 3. The van der Waals surface area contributed by atoms with Gasteiger partial charge in [0.05, 0.1) is 19.7 Å². The second kappa shape index (κ2) is 8.33. The predicted octanol–water partition coefficient (Wildman–Crippen LogP) is 2.09. The van der Waals surface area contributed by atoms with Crippen molar-refractivity contribution in [1.82, 2.24) is 14.3 Å². The van der Waals surface area contributed by atoms with E-state index in [1.807, 2.05) is 47.5 Å². The Morgan fingerprint density at radius 2 is 2.15 bits per heavy atom. The highest BCUT2D eigenvalue weighted by atomic mass is 35.5. The van der Waals surface area contributed by atoms with Crippen LogP contribution in [0.1, 0.15) is 19.8 Å². The quantitative estimate of drug-likeness (QED) is 0.622. The number of ether oxygens (including phenoxy) is 1. The van der Waals surface area contributed by atoms with Crippen molar-refractivity contribution >= 4 is 29.8 Å². The molecule has 1 aliphatic rings. The van der Waals surface area contributed by atoms with Crippen molar-refractivity contribution in [3.05, 3.63) is 34.1 Å². The minimum absolute atomic E-state index is 0.0349. The third kappa shape index (κ3) is 4.16. The number of piperidine rings is 1. The number of hydrogen-bond donors (Lipinski definition) is 1. The van der Waals surface area contributed by atoms with E-state index >= 15 is 0 Å². The number of benzene rings is 1. The molecule has 1 unspecified atom stereocenters. The van der Waals surface area contributed by atoms with E-state index in [-0.39, 0.29) is 11.9 Å². The highest BCUT2D eigenvalue weighted by molar-refractivity contribution is 7.71. The van der Waals surface area contributed by atoms with Crippen LogP contribution < -0.4 is 4.90 Å². The minimum Gasteiger partial charge on any atom is -0.466 e. The smallest absolute Gasteiger partial charge is 0.314 e. The molecule has 2 atom stereocenters. The maximum atomic E-state index is 12.0. The molecule has 1 saturated heterocycles. The molecule has 3 rings (SSSR count). The Morgan fingerprint density at radius 3 is 2.85 bits per heavy atom. The second-order valence-corrected chi connectivity index (χ2v) is 7.43. The molecule has 8 heteroatoms. The van der Waals surface area contributed by atoms with Crippen molar-refractivity contribution in [2.24, 2.45) is 13.0 Å². The molecule has 6 nitrogen and oxygen atoms in total. The Kier molecular flexibility index (Phi) is 6.11. The Hall–Kier alpha value is -1.70. The van der Waals surface area contributed by atoms with Crippen LogP contribution in [0.3, 0.4) is 0 Å². The first-order valence-electron chi connectivity index (χ1n) is 8.89. The highest BCUT2D eigenvalue weighted by Gasteiger charge is 2.30. The molecule has 1 N–H and O–H groups in total. The fraction of sp³-hybridized carbons (Fsp3) is 0.500. The number of quaternary nitrogens is 1. The molecule has 0 aliphatic carbocycles. The van der Waals surface area contributed by atoms with Gasteiger partial charge >= 0.3 is 5.97 Å². The van der Waals surface area contributed by atoms with Gasteiger partial charge in [-0.05, 0) is 56.2 Å². The third-order valence-corrected chi connectivity index (χ3v) is 5.49. The molecule has 0 spiro atoms. The first kappa shape index (κ1) is 19.1. The van der Waals surface area contributed by atoms with Gasteiger partial charge in [-0.25, -0.2) is 0 Å². The van der Waals surface area contributed by atoms with Crippen LogP contribution in [0.4, 0.5) is 0 Å². The van der Waals surface area contributed by atoms with E-state index in [2.05, 4.69) is 0 Å². The first-order chi connectivity index (χ1) is 12.5. The molecule has 0 bridgehead atoms. The summed E-state index contributed by atoms with van der Waals surface area (Å²) in [7, 11) is 1.92. The van der Waals surface area contributed by atoms with Gasteiger partial charge in [0.1, 0.15) is 5.92 Å². The van der Waals surface area contributed by atoms with Gasteiger partial charge in [-0.1, -0.05) is 11.6 Å². The van der Waals surface area contributed by atoms with Gasteiger partial charge in [0.25, 0.3) is 0 Å². The molecule has 1 aromatic heterocycles. The predicted molar refractivity (Wildman–Crippen MR) is 103 cm³/mol. The van der Waals surface area contributed by atoms with Crippen molar-refractivity contribution in [3.8, 4) is 11.4 Å². The summed E-state index contributed by atoms with van der Waals surface area (Å²) in [6, 6.07) is 7.57. The number of aromatic nitrogens is 3. The van der Waals surface area contributed by atoms with Crippen LogP contribution >= 0.6 is 23.8 Å². The summed E-state index contributed by atoms with van der Waals surface area (Å²) in [6.45, 7) is 4.69. The first-order valence-corrected chi connectivity index (χ1v) is 9.68. The number of hydrogen-bond acceptors (Lipinski definition) is 4. The van der Waals surface area contributed by atoms with Gasteiger partial charge in [0, 0.05) is 17.6 Å². The van der Waals surface area contributed by atoms with Gasteiger partial charge in [-0.3, -0.25) is 4.79 Å². The van der Waals surface area contributed by atoms with Gasteiger partial charge in [0.2, 0.25) is 4.77 Å². The monoisotopic (exact) mass is 395 g/mol. The highest BCUT2D eigenvalue weighted by Crippen LogP contribution is 2.19. The Labute approximate surface area is 163 Å². The summed E-state index contributed by atoms with van der Waals surface area (Å²) in [5, 5.41) is 5.40. The number of carbonyl (C=O) groups excluding carboxylic acids is 1. The van der Waals surface area contributed by atoms with Crippen molar-refractivity contribution in [2.45, 2.75) is 26.4 Å². The molecule has 140 valence electrons. The van der Waals surface area contributed by atoms with Gasteiger partial charge in [-0.15, -0.1) is 5.10 Å². The average Bonchev–Trinajstić information content (AvgIpc) is 2.91.